The second-order valence-electron chi connectivity index (χ2n) is 3.52. The van der Waals surface area contributed by atoms with Crippen molar-refractivity contribution >= 4 is 11.6 Å². The van der Waals surface area contributed by atoms with E-state index in [1.54, 1.807) is 37.6 Å². The number of hydrogen-bond acceptors (Lipinski definition) is 3. The van der Waals surface area contributed by atoms with E-state index >= 15 is 0 Å². The maximum atomic E-state index is 13.6. The van der Waals surface area contributed by atoms with Crippen LogP contribution in [0.2, 0.25) is 5.02 Å². The Morgan fingerprint density at radius 2 is 2.12 bits per heavy atom. The first-order valence-corrected chi connectivity index (χ1v) is 5.48. The largest absolute Gasteiger partial charge is 0.308 e. The van der Waals surface area contributed by atoms with Crippen molar-refractivity contribution in [1.82, 2.24) is 15.3 Å². The topological polar surface area (TPSA) is 37.8 Å². The fraction of sp³-hybridized carbons (Fsp3) is 0.167. The summed E-state index contributed by atoms with van der Waals surface area (Å²) in [6.07, 6.45) is 4.29. The predicted octanol–water partition coefficient (Wildman–Crippen LogP) is 2.58. The highest BCUT2D eigenvalue weighted by Crippen LogP contribution is 2.22. The Bertz CT molecular complexity index is 501. The van der Waals surface area contributed by atoms with Gasteiger partial charge in [-0.3, -0.25) is 9.97 Å². The molecule has 0 saturated carbocycles. The van der Waals surface area contributed by atoms with Gasteiger partial charge in [-0.05, 0) is 25.2 Å². The normalized spacial score (nSPS) is 12.4. The lowest BCUT2D eigenvalue weighted by Crippen LogP contribution is -2.20. The Morgan fingerprint density at radius 1 is 1.29 bits per heavy atom. The molecule has 0 fully saturated rings. The summed E-state index contributed by atoms with van der Waals surface area (Å²) in [5, 5.41) is 3.58. The minimum atomic E-state index is -0.358. The number of aromatic nitrogens is 2. The molecule has 0 saturated heterocycles. The summed E-state index contributed by atoms with van der Waals surface area (Å²) < 4.78 is 13.6. The molecule has 0 aliphatic carbocycles. The Kier molecular flexibility index (Phi) is 3.66. The predicted molar refractivity (Wildman–Crippen MR) is 64.3 cm³/mol. The van der Waals surface area contributed by atoms with E-state index in [1.165, 1.54) is 6.20 Å². The Morgan fingerprint density at radius 3 is 2.71 bits per heavy atom. The zero-order valence-corrected chi connectivity index (χ0v) is 9.95. The molecule has 0 amide bonds. The highest BCUT2D eigenvalue weighted by molar-refractivity contribution is 6.30. The molecule has 0 aromatic carbocycles. The molecule has 1 N–H and O–H groups in total. The Hall–Kier alpha value is -1.52. The molecule has 2 rings (SSSR count). The van der Waals surface area contributed by atoms with Crippen LogP contribution in [0.4, 0.5) is 4.39 Å². The number of rotatable bonds is 3. The van der Waals surface area contributed by atoms with E-state index in [0.717, 1.165) is 0 Å². The summed E-state index contributed by atoms with van der Waals surface area (Å²) in [6, 6.07) is 4.82. The molecule has 1 unspecified atom stereocenters. The number of nitrogens with zero attached hydrogens (tertiary/aromatic N) is 2. The van der Waals surface area contributed by atoms with Gasteiger partial charge in [-0.2, -0.15) is 0 Å². The van der Waals surface area contributed by atoms with Crippen molar-refractivity contribution in [3.8, 4) is 0 Å². The third-order valence-electron chi connectivity index (χ3n) is 2.45. The zero-order chi connectivity index (χ0) is 12.3. The van der Waals surface area contributed by atoms with E-state index in [-0.39, 0.29) is 11.9 Å². The van der Waals surface area contributed by atoms with Gasteiger partial charge >= 0.3 is 0 Å². The summed E-state index contributed by atoms with van der Waals surface area (Å²) >= 11 is 5.77. The summed E-state index contributed by atoms with van der Waals surface area (Å²) in [4.78, 5) is 7.91. The second kappa shape index (κ2) is 5.21. The first-order valence-electron chi connectivity index (χ1n) is 5.10. The van der Waals surface area contributed by atoms with Gasteiger partial charge in [0.25, 0.3) is 0 Å². The van der Waals surface area contributed by atoms with Gasteiger partial charge in [0.2, 0.25) is 0 Å². The molecule has 0 bridgehead atoms. The first-order chi connectivity index (χ1) is 8.22. The molecule has 2 aromatic heterocycles. The molecule has 0 aliphatic rings. The van der Waals surface area contributed by atoms with Crippen LogP contribution in [-0.2, 0) is 0 Å². The number of pyridine rings is 2. The van der Waals surface area contributed by atoms with Crippen LogP contribution >= 0.6 is 11.6 Å². The van der Waals surface area contributed by atoms with Gasteiger partial charge < -0.3 is 5.32 Å². The summed E-state index contributed by atoms with van der Waals surface area (Å²) in [7, 11) is 1.75. The van der Waals surface area contributed by atoms with Crippen molar-refractivity contribution in [2.45, 2.75) is 6.04 Å². The third kappa shape index (κ3) is 2.60. The van der Waals surface area contributed by atoms with Gasteiger partial charge in [-0.15, -0.1) is 0 Å². The van der Waals surface area contributed by atoms with Crippen LogP contribution < -0.4 is 5.32 Å². The lowest BCUT2D eigenvalue weighted by Gasteiger charge is -2.16. The highest BCUT2D eigenvalue weighted by Gasteiger charge is 2.16. The standard InChI is InChI=1S/C12H11ClFN3/c1-15-12(9-4-5-16-7-10(9)14)11-3-2-8(13)6-17-11/h2-7,12,15H,1H3. The van der Waals surface area contributed by atoms with Crippen molar-refractivity contribution in [1.29, 1.82) is 0 Å². The second-order valence-corrected chi connectivity index (χ2v) is 3.96. The molecule has 2 aromatic rings. The van der Waals surface area contributed by atoms with Crippen LogP contribution in [0.3, 0.4) is 0 Å². The molecular formula is C12H11ClFN3. The maximum absolute atomic E-state index is 13.6. The molecule has 2 heterocycles. The van der Waals surface area contributed by atoms with Crippen molar-refractivity contribution in [3.05, 3.63) is 58.9 Å². The molecule has 3 nitrogen and oxygen atoms in total. The molecule has 0 radical (unpaired) electrons. The van der Waals surface area contributed by atoms with Gasteiger partial charge in [-0.1, -0.05) is 11.6 Å². The Labute approximate surface area is 104 Å². The van der Waals surface area contributed by atoms with E-state index in [1.807, 2.05) is 0 Å². The maximum Gasteiger partial charge on any atom is 0.146 e. The molecule has 5 heteroatoms. The van der Waals surface area contributed by atoms with Crippen LogP contribution in [0.15, 0.2) is 36.8 Å². The number of nitrogens with one attached hydrogen (secondary N) is 1. The van der Waals surface area contributed by atoms with Gasteiger partial charge in [-0.25, -0.2) is 4.39 Å². The van der Waals surface area contributed by atoms with E-state index < -0.39 is 0 Å². The summed E-state index contributed by atoms with van der Waals surface area (Å²) in [5.41, 5.74) is 1.22. The minimum Gasteiger partial charge on any atom is -0.308 e. The van der Waals surface area contributed by atoms with Gasteiger partial charge in [0.05, 0.1) is 23.0 Å². The van der Waals surface area contributed by atoms with Crippen LogP contribution in [0.25, 0.3) is 0 Å². The van der Waals surface area contributed by atoms with E-state index in [9.17, 15) is 4.39 Å². The molecule has 0 spiro atoms. The van der Waals surface area contributed by atoms with Gasteiger partial charge in [0.15, 0.2) is 0 Å². The van der Waals surface area contributed by atoms with Gasteiger partial charge in [0.1, 0.15) is 5.82 Å². The van der Waals surface area contributed by atoms with Crippen molar-refractivity contribution in [2.24, 2.45) is 0 Å². The Balaban J connectivity index is 2.40. The zero-order valence-electron chi connectivity index (χ0n) is 9.19. The van der Waals surface area contributed by atoms with Gasteiger partial charge in [0, 0.05) is 18.0 Å². The smallest absolute Gasteiger partial charge is 0.146 e. The number of halogens is 2. The average Bonchev–Trinajstić information content (AvgIpc) is 2.35. The minimum absolute atomic E-state index is 0.310. The first kappa shape index (κ1) is 12.0. The summed E-state index contributed by atoms with van der Waals surface area (Å²) in [6.45, 7) is 0. The molecule has 17 heavy (non-hydrogen) atoms. The number of hydrogen-bond donors (Lipinski definition) is 1. The van der Waals surface area contributed by atoms with Crippen LogP contribution in [0.5, 0.6) is 0 Å². The monoisotopic (exact) mass is 251 g/mol. The average molecular weight is 252 g/mol. The lowest BCUT2D eigenvalue weighted by atomic mass is 10.0. The van der Waals surface area contributed by atoms with E-state index in [0.29, 0.717) is 16.3 Å². The quantitative estimate of drug-likeness (QED) is 0.911. The molecule has 0 aliphatic heterocycles. The molecule has 88 valence electrons. The summed E-state index contributed by atoms with van der Waals surface area (Å²) in [5.74, 6) is -0.358. The fourth-order valence-corrected chi connectivity index (χ4v) is 1.75. The van der Waals surface area contributed by atoms with Crippen LogP contribution in [0, 0.1) is 5.82 Å². The van der Waals surface area contributed by atoms with E-state index in [4.69, 9.17) is 11.6 Å². The lowest BCUT2D eigenvalue weighted by molar-refractivity contribution is 0.565. The fourth-order valence-electron chi connectivity index (χ4n) is 1.64. The van der Waals surface area contributed by atoms with Crippen molar-refractivity contribution < 1.29 is 4.39 Å². The third-order valence-corrected chi connectivity index (χ3v) is 2.67. The molecular weight excluding hydrogens is 241 g/mol. The van der Waals surface area contributed by atoms with Crippen LogP contribution in [0.1, 0.15) is 17.3 Å². The van der Waals surface area contributed by atoms with Crippen molar-refractivity contribution in [3.63, 3.8) is 0 Å². The SMILES string of the molecule is CNC(c1ccc(Cl)cn1)c1ccncc1F. The highest BCUT2D eigenvalue weighted by atomic mass is 35.5. The van der Waals surface area contributed by atoms with Crippen molar-refractivity contribution in [2.75, 3.05) is 7.05 Å². The van der Waals surface area contributed by atoms with Crippen LogP contribution in [-0.4, -0.2) is 17.0 Å². The van der Waals surface area contributed by atoms with E-state index in [2.05, 4.69) is 15.3 Å². The molecule has 1 atom stereocenters.